The van der Waals surface area contributed by atoms with Gasteiger partial charge in [-0.25, -0.2) is 9.13 Å². The number of aliphatic hydroxyl groups excluding tert-OH is 2. The predicted molar refractivity (Wildman–Crippen MR) is 343 cm³/mol. The molecular formula is C67H110O16P2. The average Bonchev–Trinajstić information content (AvgIpc) is 3.60. The van der Waals surface area contributed by atoms with Gasteiger partial charge in [0.2, 0.25) is 0 Å². The number of hydrogen-bond donors (Lipinski definition) is 4. The second-order valence-electron chi connectivity index (χ2n) is 20.4. The summed E-state index contributed by atoms with van der Waals surface area (Å²) in [5.41, 5.74) is 0. The lowest BCUT2D eigenvalue weighted by atomic mass is 10.1. The lowest BCUT2D eigenvalue weighted by Gasteiger charge is -2.21. The summed E-state index contributed by atoms with van der Waals surface area (Å²) in [6, 6.07) is 0. The van der Waals surface area contributed by atoms with Gasteiger partial charge in [0, 0.05) is 19.3 Å². The van der Waals surface area contributed by atoms with Crippen LogP contribution in [0, 0.1) is 0 Å². The zero-order valence-electron chi connectivity index (χ0n) is 52.0. The molecule has 0 rings (SSSR count). The Morgan fingerprint density at radius 2 is 0.624 bits per heavy atom. The standard InChI is InChI=1S/C67H110O16P2/c1-4-7-10-13-16-19-22-24-26-28-30-32-34-36-39-41-44-47-50-53-65(70)77-56-62(68)57-79-84(73,74)80-58-63(69)59-81-85(75,76)82-61-64(83-67(72)55-52-49-46-43-38-21-18-15-12-9-6-3)60-78-66(71)54-51-48-45-42-40-37-35-33-31-29-27-25-23-20-17-14-11-8-5-2/h7-8,10-11,15-20,24-27,30-33,36-37,39-40,62-64,68-69H,4-6,9,12-14,21-23,28-29,34-35,38,41-61H2,1-3H3,(H,73,74)(H,75,76)/b10-7-,11-8-,18-15-,19-16-,20-17-,26-24-,27-25-,32-30-,33-31-,39-36-,40-37-. The highest BCUT2D eigenvalue weighted by molar-refractivity contribution is 7.47. The Kier molecular flexibility index (Phi) is 57.0. The second kappa shape index (κ2) is 60.0. The van der Waals surface area contributed by atoms with Crippen LogP contribution in [0.25, 0.3) is 0 Å². The number of esters is 3. The first kappa shape index (κ1) is 80.7. The highest BCUT2D eigenvalue weighted by Crippen LogP contribution is 2.45. The van der Waals surface area contributed by atoms with Crippen LogP contribution in [0.3, 0.4) is 0 Å². The maximum atomic E-state index is 12.8. The molecule has 4 N–H and O–H groups in total. The molecule has 0 aromatic rings. The summed E-state index contributed by atoms with van der Waals surface area (Å²) in [6.07, 6.45) is 68.1. The number of phosphoric acid groups is 2. The van der Waals surface area contributed by atoms with Crippen LogP contribution in [0.5, 0.6) is 0 Å². The fraction of sp³-hybridized carbons (Fsp3) is 0.627. The van der Waals surface area contributed by atoms with E-state index in [4.69, 9.17) is 32.3 Å². The van der Waals surface area contributed by atoms with E-state index in [-0.39, 0.29) is 19.3 Å². The fourth-order valence-electron chi connectivity index (χ4n) is 7.54. The first-order chi connectivity index (χ1) is 41.2. The van der Waals surface area contributed by atoms with Crippen LogP contribution < -0.4 is 0 Å². The molecular weight excluding hydrogens is 1120 g/mol. The zero-order chi connectivity index (χ0) is 62.4. The van der Waals surface area contributed by atoms with Gasteiger partial charge < -0.3 is 34.2 Å². The van der Waals surface area contributed by atoms with Crippen molar-refractivity contribution in [3.8, 4) is 0 Å². The van der Waals surface area contributed by atoms with Gasteiger partial charge in [-0.2, -0.15) is 0 Å². The number of phosphoric ester groups is 2. The molecule has 5 unspecified atom stereocenters. The number of carbonyl (C=O) groups excluding carboxylic acids is 3. The summed E-state index contributed by atoms with van der Waals surface area (Å²) in [6.45, 7) is 2.26. The number of aliphatic hydroxyl groups is 2. The number of rotatable bonds is 58. The smallest absolute Gasteiger partial charge is 0.463 e. The van der Waals surface area contributed by atoms with E-state index in [9.17, 15) is 43.5 Å². The van der Waals surface area contributed by atoms with Crippen LogP contribution in [0.1, 0.15) is 213 Å². The summed E-state index contributed by atoms with van der Waals surface area (Å²) in [7, 11) is -9.79. The molecule has 85 heavy (non-hydrogen) atoms. The summed E-state index contributed by atoms with van der Waals surface area (Å²) in [5.74, 6) is -1.67. The number of carbonyl (C=O) groups is 3. The molecule has 0 aromatic carbocycles. The van der Waals surface area contributed by atoms with E-state index in [1.807, 2.05) is 0 Å². The van der Waals surface area contributed by atoms with E-state index >= 15 is 0 Å². The SMILES string of the molecule is CC/C=C\C/C=C\C/C=C\C/C=C\C/C=C\CCCCCC(=O)OCC(O)COP(=O)(O)OCC(O)COP(=O)(O)OCC(COC(=O)CCCCC/C=C\C/C=C\C/C=C\C/C=C\C/C=C\CC)OC(=O)CCCCCCC/C=C\CCCC. The Morgan fingerprint density at radius 1 is 0.341 bits per heavy atom. The van der Waals surface area contributed by atoms with Gasteiger partial charge in [0.15, 0.2) is 6.10 Å². The summed E-state index contributed by atoms with van der Waals surface area (Å²) >= 11 is 0. The fourth-order valence-corrected chi connectivity index (χ4v) is 9.13. The molecule has 0 aliphatic carbocycles. The van der Waals surface area contributed by atoms with Crippen LogP contribution in [0.15, 0.2) is 134 Å². The molecule has 0 saturated heterocycles. The van der Waals surface area contributed by atoms with E-state index < -0.39 is 91.5 Å². The van der Waals surface area contributed by atoms with E-state index in [0.29, 0.717) is 19.3 Å². The van der Waals surface area contributed by atoms with Crippen molar-refractivity contribution in [2.24, 2.45) is 0 Å². The molecule has 0 bridgehead atoms. The van der Waals surface area contributed by atoms with Gasteiger partial charge in [-0.15, -0.1) is 0 Å². The van der Waals surface area contributed by atoms with Crippen molar-refractivity contribution in [1.82, 2.24) is 0 Å². The van der Waals surface area contributed by atoms with Crippen molar-refractivity contribution in [2.75, 3.05) is 39.6 Å². The van der Waals surface area contributed by atoms with Crippen molar-refractivity contribution in [1.29, 1.82) is 0 Å². The number of allylic oxidation sites excluding steroid dienone is 22. The highest BCUT2D eigenvalue weighted by Gasteiger charge is 2.29. The molecule has 0 aliphatic rings. The summed E-state index contributed by atoms with van der Waals surface area (Å²) in [5, 5.41) is 20.5. The summed E-state index contributed by atoms with van der Waals surface area (Å²) < 4.78 is 60.6. The van der Waals surface area contributed by atoms with Gasteiger partial charge in [0.1, 0.15) is 25.4 Å². The van der Waals surface area contributed by atoms with Crippen LogP contribution in [0.4, 0.5) is 0 Å². The zero-order valence-corrected chi connectivity index (χ0v) is 53.8. The lowest BCUT2D eigenvalue weighted by molar-refractivity contribution is -0.161. The van der Waals surface area contributed by atoms with Crippen LogP contribution in [0.2, 0.25) is 0 Å². The Morgan fingerprint density at radius 3 is 1.01 bits per heavy atom. The molecule has 484 valence electrons. The van der Waals surface area contributed by atoms with Crippen molar-refractivity contribution in [3.63, 3.8) is 0 Å². The van der Waals surface area contributed by atoms with Crippen LogP contribution in [-0.2, 0) is 55.8 Å². The Labute approximate surface area is 512 Å². The topological polar surface area (TPSA) is 231 Å². The monoisotopic (exact) mass is 1230 g/mol. The third kappa shape index (κ3) is 61.1. The first-order valence-corrected chi connectivity index (χ1v) is 34.5. The molecule has 0 aromatic heterocycles. The number of unbranched alkanes of at least 4 members (excludes halogenated alkanes) is 13. The minimum Gasteiger partial charge on any atom is -0.463 e. The average molecular weight is 1230 g/mol. The van der Waals surface area contributed by atoms with Crippen molar-refractivity contribution >= 4 is 33.6 Å². The van der Waals surface area contributed by atoms with Gasteiger partial charge in [-0.05, 0) is 128 Å². The van der Waals surface area contributed by atoms with Crippen LogP contribution >= 0.6 is 15.6 Å². The molecule has 0 fully saturated rings. The third-order valence-corrected chi connectivity index (χ3v) is 14.2. The van der Waals surface area contributed by atoms with E-state index in [0.717, 1.165) is 141 Å². The van der Waals surface area contributed by atoms with Crippen LogP contribution in [-0.4, -0.2) is 95.9 Å². The quantitative estimate of drug-likeness (QED) is 0.0146. The lowest BCUT2D eigenvalue weighted by Crippen LogP contribution is -2.30. The Bertz CT molecular complexity index is 2090. The third-order valence-electron chi connectivity index (χ3n) is 12.3. The van der Waals surface area contributed by atoms with Gasteiger partial charge in [-0.1, -0.05) is 199 Å². The molecule has 0 aliphatic heterocycles. The first-order valence-electron chi connectivity index (χ1n) is 31.5. The van der Waals surface area contributed by atoms with Crippen molar-refractivity contribution in [2.45, 2.75) is 232 Å². The highest BCUT2D eigenvalue weighted by atomic mass is 31.2. The van der Waals surface area contributed by atoms with Crippen molar-refractivity contribution < 1.29 is 75.8 Å². The molecule has 16 nitrogen and oxygen atoms in total. The number of ether oxygens (including phenoxy) is 3. The van der Waals surface area contributed by atoms with E-state index in [1.54, 1.807) is 0 Å². The number of hydrogen-bond acceptors (Lipinski definition) is 14. The molecule has 0 heterocycles. The van der Waals surface area contributed by atoms with Gasteiger partial charge in [0.05, 0.1) is 26.4 Å². The minimum absolute atomic E-state index is 0.0812. The molecule has 0 amide bonds. The molecule has 5 atom stereocenters. The molecule has 0 radical (unpaired) electrons. The maximum Gasteiger partial charge on any atom is 0.472 e. The van der Waals surface area contributed by atoms with Gasteiger partial charge in [-0.3, -0.25) is 32.5 Å². The Hall–Kier alpha value is -4.31. The Balaban J connectivity index is 4.71. The molecule has 0 spiro atoms. The summed E-state index contributed by atoms with van der Waals surface area (Å²) in [4.78, 5) is 58.1. The largest absolute Gasteiger partial charge is 0.472 e. The van der Waals surface area contributed by atoms with Crippen molar-refractivity contribution in [3.05, 3.63) is 134 Å². The predicted octanol–water partition coefficient (Wildman–Crippen LogP) is 16.9. The van der Waals surface area contributed by atoms with Gasteiger partial charge >= 0.3 is 33.6 Å². The van der Waals surface area contributed by atoms with Gasteiger partial charge in [0.25, 0.3) is 0 Å². The second-order valence-corrected chi connectivity index (χ2v) is 23.3. The van der Waals surface area contributed by atoms with E-state index in [2.05, 4.69) is 154 Å². The van der Waals surface area contributed by atoms with E-state index in [1.165, 1.54) is 12.8 Å². The minimum atomic E-state index is -4.93. The maximum absolute atomic E-state index is 12.8. The normalized spacial score (nSPS) is 15.2. The molecule has 18 heteroatoms. The molecule has 0 saturated carbocycles.